The summed E-state index contributed by atoms with van der Waals surface area (Å²) >= 11 is 0. The molecule has 9 rings (SSSR count). The summed E-state index contributed by atoms with van der Waals surface area (Å²) in [4.78, 5) is 21.3. The number of likely N-dealkylation sites (tertiary alicyclic amines) is 1. The predicted octanol–water partition coefficient (Wildman–Crippen LogP) is 2.63. The minimum Gasteiger partial charge on any atom is -0.491 e. The molecule has 0 saturated carbocycles. The summed E-state index contributed by atoms with van der Waals surface area (Å²) in [6.45, 7) is 8.06. The van der Waals surface area contributed by atoms with Crippen LogP contribution in [0.4, 0.5) is 5.82 Å². The Bertz CT molecular complexity index is 1690. The van der Waals surface area contributed by atoms with E-state index < -0.39 is 0 Å². The van der Waals surface area contributed by atoms with Crippen molar-refractivity contribution in [2.24, 2.45) is 5.41 Å². The van der Waals surface area contributed by atoms with Crippen molar-refractivity contribution in [3.05, 3.63) is 60.3 Å². The number of rotatable bonds is 9. The van der Waals surface area contributed by atoms with Gasteiger partial charge in [-0.25, -0.2) is 14.5 Å². The third-order valence-electron chi connectivity index (χ3n) is 9.67. The Morgan fingerprint density at radius 1 is 1.09 bits per heavy atom. The SMILES string of the molecule is COc1ccc(CN2C3CC2CN(c2cnc(-c4cc(OCCN5CCC6(COC6)C5)cn5ncc(C#N)c45)cn2)C3)cn1. The van der Waals surface area contributed by atoms with Crippen LogP contribution in [-0.4, -0.2) is 106 Å². The predicted molar refractivity (Wildman–Crippen MR) is 161 cm³/mol. The van der Waals surface area contributed by atoms with E-state index in [0.717, 1.165) is 63.9 Å². The number of fused-ring (bicyclic) bond motifs is 3. The van der Waals surface area contributed by atoms with Crippen LogP contribution in [0.15, 0.2) is 49.2 Å². The first-order chi connectivity index (χ1) is 21.6. The minimum absolute atomic E-state index is 0.364. The van der Waals surface area contributed by atoms with E-state index in [0.29, 0.717) is 52.5 Å². The van der Waals surface area contributed by atoms with Gasteiger partial charge in [-0.15, -0.1) is 0 Å². The summed E-state index contributed by atoms with van der Waals surface area (Å²) in [5, 5.41) is 14.2. The van der Waals surface area contributed by atoms with Gasteiger partial charge in [-0.2, -0.15) is 10.4 Å². The molecule has 0 N–H and O–H groups in total. The van der Waals surface area contributed by atoms with E-state index in [4.69, 9.17) is 24.2 Å². The summed E-state index contributed by atoms with van der Waals surface area (Å²) in [6.07, 6.45) is 11.4. The van der Waals surface area contributed by atoms with E-state index in [1.165, 1.54) is 18.4 Å². The van der Waals surface area contributed by atoms with Gasteiger partial charge in [0.25, 0.3) is 0 Å². The zero-order valence-electron chi connectivity index (χ0n) is 24.8. The highest BCUT2D eigenvalue weighted by atomic mass is 16.5. The van der Waals surface area contributed by atoms with Gasteiger partial charge in [0.05, 0.1) is 61.9 Å². The Morgan fingerprint density at radius 2 is 1.98 bits per heavy atom. The van der Waals surface area contributed by atoms with Crippen molar-refractivity contribution in [1.82, 2.24) is 34.4 Å². The first-order valence-corrected chi connectivity index (χ1v) is 15.3. The van der Waals surface area contributed by atoms with Gasteiger partial charge < -0.3 is 19.1 Å². The number of nitrogens with zero attached hydrogens (tertiary/aromatic N) is 9. The van der Waals surface area contributed by atoms with E-state index in [-0.39, 0.29) is 0 Å². The first kappa shape index (κ1) is 27.3. The maximum atomic E-state index is 9.77. The summed E-state index contributed by atoms with van der Waals surface area (Å²) in [5.41, 5.74) is 4.22. The first-order valence-electron chi connectivity index (χ1n) is 15.3. The molecule has 4 aromatic heterocycles. The van der Waals surface area contributed by atoms with Crippen LogP contribution in [0, 0.1) is 16.7 Å². The molecule has 12 heteroatoms. The standard InChI is InChI=1S/C32H35N9O3/c1-42-30-3-2-22(11-36-30)15-40-24-8-25(40)17-39(16-24)29-14-34-28(13-35-29)27-9-26(18-41-31(27)23(10-33)12-37-41)44-7-6-38-5-4-32(19-38)20-43-21-32/h2-3,9,11-14,18,24-25H,4-8,15-17,19-21H2,1H3. The largest absolute Gasteiger partial charge is 0.491 e. The van der Waals surface area contributed by atoms with Crippen LogP contribution in [0.3, 0.4) is 0 Å². The van der Waals surface area contributed by atoms with Gasteiger partial charge in [0.2, 0.25) is 5.88 Å². The molecule has 5 saturated heterocycles. The molecule has 9 heterocycles. The summed E-state index contributed by atoms with van der Waals surface area (Å²) < 4.78 is 18.6. The van der Waals surface area contributed by atoms with Gasteiger partial charge in [-0.1, -0.05) is 6.07 Å². The Labute approximate surface area is 255 Å². The van der Waals surface area contributed by atoms with Crippen LogP contribution in [0.25, 0.3) is 16.8 Å². The number of anilines is 1. The van der Waals surface area contributed by atoms with E-state index in [1.54, 1.807) is 24.0 Å². The van der Waals surface area contributed by atoms with E-state index in [2.05, 4.69) is 36.9 Å². The molecule has 2 unspecified atom stereocenters. The van der Waals surface area contributed by atoms with Crippen molar-refractivity contribution in [1.29, 1.82) is 5.26 Å². The Morgan fingerprint density at radius 3 is 2.66 bits per heavy atom. The van der Waals surface area contributed by atoms with Crippen molar-refractivity contribution in [3.8, 4) is 29.0 Å². The molecule has 0 radical (unpaired) electrons. The smallest absolute Gasteiger partial charge is 0.212 e. The fraction of sp³-hybridized carbons (Fsp3) is 0.469. The number of hydrogen-bond acceptors (Lipinski definition) is 11. The number of methoxy groups -OCH3 is 1. The highest BCUT2D eigenvalue weighted by molar-refractivity contribution is 5.83. The number of ether oxygens (including phenoxy) is 3. The van der Waals surface area contributed by atoms with Crippen molar-refractivity contribution >= 4 is 11.3 Å². The number of piperazine rings is 1. The fourth-order valence-corrected chi connectivity index (χ4v) is 7.18. The molecular formula is C32H35N9O3. The van der Waals surface area contributed by atoms with Gasteiger partial charge in [0.1, 0.15) is 24.2 Å². The Hall–Kier alpha value is -4.31. The minimum atomic E-state index is 0.364. The summed E-state index contributed by atoms with van der Waals surface area (Å²) in [6, 6.07) is 9.18. The van der Waals surface area contributed by atoms with Crippen LogP contribution < -0.4 is 14.4 Å². The van der Waals surface area contributed by atoms with Gasteiger partial charge in [-0.05, 0) is 31.0 Å². The zero-order valence-corrected chi connectivity index (χ0v) is 24.8. The van der Waals surface area contributed by atoms with Gasteiger partial charge in [0.15, 0.2) is 0 Å². The second-order valence-corrected chi connectivity index (χ2v) is 12.5. The van der Waals surface area contributed by atoms with Crippen LogP contribution in [-0.2, 0) is 11.3 Å². The van der Waals surface area contributed by atoms with Crippen molar-refractivity contribution < 1.29 is 14.2 Å². The lowest BCUT2D eigenvalue weighted by atomic mass is 9.85. The van der Waals surface area contributed by atoms with Crippen molar-refractivity contribution in [2.45, 2.75) is 31.5 Å². The lowest BCUT2D eigenvalue weighted by Crippen LogP contribution is -2.68. The maximum absolute atomic E-state index is 9.77. The molecular weight excluding hydrogens is 558 g/mol. The summed E-state index contributed by atoms with van der Waals surface area (Å²) in [5.74, 6) is 2.19. The number of pyridine rings is 2. The number of nitriles is 1. The van der Waals surface area contributed by atoms with Crippen LogP contribution in [0.1, 0.15) is 24.0 Å². The van der Waals surface area contributed by atoms with Crippen molar-refractivity contribution in [2.75, 3.05) is 64.6 Å². The molecule has 5 fully saturated rings. The van der Waals surface area contributed by atoms with E-state index >= 15 is 0 Å². The van der Waals surface area contributed by atoms with E-state index in [1.807, 2.05) is 30.7 Å². The molecule has 226 valence electrons. The zero-order chi connectivity index (χ0) is 29.7. The van der Waals surface area contributed by atoms with Crippen molar-refractivity contribution in [3.63, 3.8) is 0 Å². The molecule has 44 heavy (non-hydrogen) atoms. The normalized spacial score (nSPS) is 22.5. The highest BCUT2D eigenvalue weighted by Crippen LogP contribution is 2.38. The van der Waals surface area contributed by atoms with Crippen LogP contribution in [0.5, 0.6) is 11.6 Å². The average molecular weight is 594 g/mol. The molecule has 5 aliphatic heterocycles. The Kier molecular flexibility index (Phi) is 6.81. The average Bonchev–Trinajstić information content (AvgIpc) is 3.69. The quantitative estimate of drug-likeness (QED) is 0.285. The van der Waals surface area contributed by atoms with Crippen LogP contribution in [0.2, 0.25) is 0 Å². The molecule has 0 amide bonds. The molecule has 5 aliphatic rings. The maximum Gasteiger partial charge on any atom is 0.212 e. The molecule has 4 aromatic rings. The molecule has 2 bridgehead atoms. The topological polar surface area (TPSA) is 117 Å². The van der Waals surface area contributed by atoms with Gasteiger partial charge in [-0.3, -0.25) is 14.8 Å². The second kappa shape index (κ2) is 11.0. The molecule has 1 spiro atoms. The number of aromatic nitrogens is 5. The summed E-state index contributed by atoms with van der Waals surface area (Å²) in [7, 11) is 1.64. The van der Waals surface area contributed by atoms with Gasteiger partial charge in [0, 0.05) is 68.0 Å². The fourth-order valence-electron chi connectivity index (χ4n) is 7.18. The molecule has 12 nitrogen and oxygen atoms in total. The number of piperidine rings is 1. The third kappa shape index (κ3) is 4.91. The molecule has 0 aliphatic carbocycles. The van der Waals surface area contributed by atoms with Crippen LogP contribution >= 0.6 is 0 Å². The highest BCUT2D eigenvalue weighted by Gasteiger charge is 2.45. The third-order valence-corrected chi connectivity index (χ3v) is 9.67. The monoisotopic (exact) mass is 593 g/mol. The second-order valence-electron chi connectivity index (χ2n) is 12.5. The number of hydrogen-bond donors (Lipinski definition) is 0. The molecule has 0 aromatic carbocycles. The lowest BCUT2D eigenvalue weighted by Gasteiger charge is -2.56. The lowest BCUT2D eigenvalue weighted by molar-refractivity contribution is -0.105. The Balaban J connectivity index is 0.950. The van der Waals surface area contributed by atoms with Gasteiger partial charge >= 0.3 is 0 Å². The molecule has 2 atom stereocenters. The van der Waals surface area contributed by atoms with E-state index in [9.17, 15) is 5.26 Å².